The third-order valence-electron chi connectivity index (χ3n) is 4.87. The van der Waals surface area contributed by atoms with Gasteiger partial charge in [-0.05, 0) is 73.0 Å². The first-order chi connectivity index (χ1) is 14.6. The molecule has 1 aromatic heterocycles. The Morgan fingerprint density at radius 3 is 2.77 bits per heavy atom. The summed E-state index contributed by atoms with van der Waals surface area (Å²) < 4.78 is 25.3. The number of alkyl carbamates (subject to hydrolysis) is 1. The van der Waals surface area contributed by atoms with Crippen LogP contribution in [0.2, 0.25) is 0 Å². The number of hydrogen-bond donors (Lipinski definition) is 2. The van der Waals surface area contributed by atoms with Crippen molar-refractivity contribution in [1.82, 2.24) is 10.3 Å². The second kappa shape index (κ2) is 9.40. The second-order valence-corrected chi connectivity index (χ2v) is 9.28. The molecule has 0 saturated carbocycles. The molecule has 9 heteroatoms. The minimum atomic E-state index is -0.689. The highest BCUT2D eigenvalue weighted by atomic mass is 79.9. The lowest BCUT2D eigenvalue weighted by atomic mass is 10.0. The van der Waals surface area contributed by atoms with E-state index in [1.54, 1.807) is 33.0 Å². The molecule has 2 aromatic rings. The van der Waals surface area contributed by atoms with Gasteiger partial charge in [-0.2, -0.15) is 0 Å². The highest BCUT2D eigenvalue weighted by Gasteiger charge is 2.31. The molecule has 1 saturated heterocycles. The van der Waals surface area contributed by atoms with Gasteiger partial charge in [0, 0.05) is 24.8 Å². The molecule has 1 fully saturated rings. The number of nitrogens with one attached hydrogen (secondary N) is 1. The summed E-state index contributed by atoms with van der Waals surface area (Å²) in [6.07, 6.45) is 0.839. The number of piperidine rings is 1. The first-order valence-electron chi connectivity index (χ1n) is 9.99. The van der Waals surface area contributed by atoms with Gasteiger partial charge in [0.25, 0.3) is 0 Å². The van der Waals surface area contributed by atoms with Crippen LogP contribution >= 0.6 is 15.9 Å². The summed E-state index contributed by atoms with van der Waals surface area (Å²) in [5.74, 6) is 0.795. The lowest BCUT2D eigenvalue weighted by molar-refractivity contribution is 0.0399. The number of methoxy groups -OCH3 is 1. The smallest absolute Gasteiger partial charge is 0.408 e. The summed E-state index contributed by atoms with van der Waals surface area (Å²) in [5.41, 5.74) is 0.709. The standard InChI is InChI=1S/C22H27BrFN3O4/c1-22(2,3)31-21(29)26-17-12-27(8-6-18(17)28)19-9-13(5-7-25-19)15-10-14(24)11-16(23)20(15)30-4/h5,7,9-11,17-18,28H,6,8,12H2,1-4H3,(H,26,29)/t17-,18-/m1/s1. The first kappa shape index (κ1) is 23.3. The van der Waals surface area contributed by atoms with Gasteiger partial charge in [0.2, 0.25) is 0 Å². The molecule has 1 amide bonds. The van der Waals surface area contributed by atoms with Gasteiger partial charge in [0.15, 0.2) is 0 Å². The lowest BCUT2D eigenvalue weighted by Gasteiger charge is -2.37. The van der Waals surface area contributed by atoms with E-state index in [0.29, 0.717) is 41.1 Å². The number of pyridine rings is 1. The minimum Gasteiger partial charge on any atom is -0.495 e. The van der Waals surface area contributed by atoms with Gasteiger partial charge < -0.3 is 24.8 Å². The van der Waals surface area contributed by atoms with Crippen LogP contribution in [0.5, 0.6) is 5.75 Å². The van der Waals surface area contributed by atoms with E-state index in [1.165, 1.54) is 19.2 Å². The van der Waals surface area contributed by atoms with E-state index in [2.05, 4.69) is 26.2 Å². The molecule has 0 aliphatic carbocycles. The second-order valence-electron chi connectivity index (χ2n) is 8.43. The fourth-order valence-corrected chi connectivity index (χ4v) is 4.08. The van der Waals surface area contributed by atoms with Crippen molar-refractivity contribution in [3.8, 4) is 16.9 Å². The van der Waals surface area contributed by atoms with Gasteiger partial charge in [-0.1, -0.05) is 0 Å². The summed E-state index contributed by atoms with van der Waals surface area (Å²) in [6.45, 7) is 6.27. The number of amides is 1. The number of aliphatic hydroxyl groups excluding tert-OH is 1. The van der Waals surface area contributed by atoms with Gasteiger partial charge in [0.05, 0.1) is 23.7 Å². The maximum atomic E-state index is 14.0. The Hall–Kier alpha value is -2.39. The van der Waals surface area contributed by atoms with E-state index < -0.39 is 23.8 Å². The van der Waals surface area contributed by atoms with Crippen LogP contribution in [-0.2, 0) is 4.74 Å². The number of aromatic nitrogens is 1. The fourth-order valence-electron chi connectivity index (χ4n) is 3.49. The first-order valence-corrected chi connectivity index (χ1v) is 10.8. The number of anilines is 1. The molecule has 0 unspecified atom stereocenters. The van der Waals surface area contributed by atoms with Crippen molar-refractivity contribution in [2.45, 2.75) is 44.9 Å². The molecule has 0 bridgehead atoms. The van der Waals surface area contributed by atoms with Crippen molar-refractivity contribution in [3.63, 3.8) is 0 Å². The van der Waals surface area contributed by atoms with Crippen molar-refractivity contribution in [2.24, 2.45) is 0 Å². The Bertz CT molecular complexity index is 951. The number of hydrogen-bond acceptors (Lipinski definition) is 6. The molecule has 168 valence electrons. The molecule has 1 aromatic carbocycles. The zero-order chi connectivity index (χ0) is 22.8. The molecule has 3 rings (SSSR count). The molecule has 1 aliphatic heterocycles. The molecule has 2 atom stereocenters. The van der Waals surface area contributed by atoms with Crippen LogP contribution in [0, 0.1) is 5.82 Å². The largest absolute Gasteiger partial charge is 0.495 e. The maximum Gasteiger partial charge on any atom is 0.408 e. The van der Waals surface area contributed by atoms with Crippen molar-refractivity contribution in [3.05, 3.63) is 40.8 Å². The van der Waals surface area contributed by atoms with Crippen LogP contribution in [0.15, 0.2) is 34.9 Å². The summed E-state index contributed by atoms with van der Waals surface area (Å²) in [7, 11) is 1.53. The fraction of sp³-hybridized carbons (Fsp3) is 0.455. The van der Waals surface area contributed by atoms with Gasteiger partial charge in [-0.25, -0.2) is 14.2 Å². The third kappa shape index (κ3) is 5.86. The number of carbonyl (C=O) groups is 1. The zero-order valence-electron chi connectivity index (χ0n) is 18.0. The van der Waals surface area contributed by atoms with Crippen molar-refractivity contribution < 1.29 is 23.8 Å². The van der Waals surface area contributed by atoms with E-state index in [4.69, 9.17) is 9.47 Å². The van der Waals surface area contributed by atoms with Gasteiger partial charge >= 0.3 is 6.09 Å². The summed E-state index contributed by atoms with van der Waals surface area (Å²) in [5, 5.41) is 13.1. The van der Waals surface area contributed by atoms with E-state index in [-0.39, 0.29) is 5.82 Å². The monoisotopic (exact) mass is 495 g/mol. The van der Waals surface area contributed by atoms with Crippen molar-refractivity contribution in [2.75, 3.05) is 25.1 Å². The van der Waals surface area contributed by atoms with Crippen molar-refractivity contribution in [1.29, 1.82) is 0 Å². The number of ether oxygens (including phenoxy) is 2. The van der Waals surface area contributed by atoms with Crippen LogP contribution in [0.4, 0.5) is 15.0 Å². The Morgan fingerprint density at radius 2 is 2.10 bits per heavy atom. The normalized spacial score (nSPS) is 19.1. The van der Waals surface area contributed by atoms with Crippen LogP contribution < -0.4 is 15.0 Å². The Morgan fingerprint density at radius 1 is 1.35 bits per heavy atom. The van der Waals surface area contributed by atoms with E-state index in [1.807, 2.05) is 11.0 Å². The molecule has 7 nitrogen and oxygen atoms in total. The number of halogens is 2. The number of rotatable bonds is 4. The zero-order valence-corrected chi connectivity index (χ0v) is 19.6. The van der Waals surface area contributed by atoms with Crippen LogP contribution in [0.1, 0.15) is 27.2 Å². The third-order valence-corrected chi connectivity index (χ3v) is 5.46. The van der Waals surface area contributed by atoms with Gasteiger partial charge in [-0.15, -0.1) is 0 Å². The molecular weight excluding hydrogens is 469 g/mol. The predicted octanol–water partition coefficient (Wildman–Crippen LogP) is 4.12. The van der Waals surface area contributed by atoms with Crippen LogP contribution in [-0.4, -0.2) is 54.1 Å². The highest BCUT2D eigenvalue weighted by molar-refractivity contribution is 9.10. The SMILES string of the molecule is COc1c(Br)cc(F)cc1-c1ccnc(N2CC[C@@H](O)[C@H](NC(=O)OC(C)(C)C)C2)c1. The quantitative estimate of drug-likeness (QED) is 0.663. The topological polar surface area (TPSA) is 83.9 Å². The number of nitrogens with zero attached hydrogens (tertiary/aromatic N) is 2. The maximum absolute atomic E-state index is 14.0. The predicted molar refractivity (Wildman–Crippen MR) is 120 cm³/mol. The molecule has 0 radical (unpaired) electrons. The molecule has 0 spiro atoms. The average molecular weight is 496 g/mol. The van der Waals surface area contributed by atoms with E-state index in [0.717, 1.165) is 5.56 Å². The van der Waals surface area contributed by atoms with Gasteiger partial charge in [-0.3, -0.25) is 0 Å². The molecule has 31 heavy (non-hydrogen) atoms. The minimum absolute atomic E-state index is 0.362. The number of benzene rings is 1. The summed E-state index contributed by atoms with van der Waals surface area (Å²) in [6, 6.07) is 5.87. The summed E-state index contributed by atoms with van der Waals surface area (Å²) >= 11 is 3.34. The molecular formula is C22H27BrFN3O4. The van der Waals surface area contributed by atoms with Crippen LogP contribution in [0.3, 0.4) is 0 Å². The highest BCUT2D eigenvalue weighted by Crippen LogP contribution is 2.38. The van der Waals surface area contributed by atoms with E-state index >= 15 is 0 Å². The number of aliphatic hydroxyl groups is 1. The lowest BCUT2D eigenvalue weighted by Crippen LogP contribution is -2.56. The average Bonchev–Trinajstić information content (AvgIpc) is 2.68. The van der Waals surface area contributed by atoms with Crippen LogP contribution in [0.25, 0.3) is 11.1 Å². The van der Waals surface area contributed by atoms with E-state index in [9.17, 15) is 14.3 Å². The molecule has 1 aliphatic rings. The van der Waals surface area contributed by atoms with Crippen molar-refractivity contribution >= 4 is 27.8 Å². The van der Waals surface area contributed by atoms with Gasteiger partial charge in [0.1, 0.15) is 23.0 Å². The molecule has 2 N–H and O–H groups in total. The Balaban J connectivity index is 1.82. The molecule has 2 heterocycles. The Kier molecular flexibility index (Phi) is 7.06. The number of carbonyl (C=O) groups excluding carboxylic acids is 1. The summed E-state index contributed by atoms with van der Waals surface area (Å²) in [4.78, 5) is 18.6. The Labute approximate surface area is 189 Å².